The fraction of sp³-hybridized carbons (Fsp3) is 0.130. The van der Waals surface area contributed by atoms with E-state index >= 15 is 0 Å². The van der Waals surface area contributed by atoms with E-state index in [2.05, 4.69) is 4.72 Å². The van der Waals surface area contributed by atoms with E-state index in [9.17, 15) is 18.0 Å². The summed E-state index contributed by atoms with van der Waals surface area (Å²) in [4.78, 5) is 24.1. The molecule has 154 valence electrons. The molecule has 0 aromatic heterocycles. The molecular weight excluding hydrogens is 402 g/mol. The van der Waals surface area contributed by atoms with Crippen LogP contribution in [0.15, 0.2) is 72.1 Å². The van der Waals surface area contributed by atoms with Crippen LogP contribution in [0.1, 0.15) is 21.5 Å². The van der Waals surface area contributed by atoms with Gasteiger partial charge in [0.25, 0.3) is 0 Å². The molecule has 0 bridgehead atoms. The van der Waals surface area contributed by atoms with Crippen LogP contribution in [0.5, 0.6) is 0 Å². The molecule has 0 aliphatic rings. The van der Waals surface area contributed by atoms with Crippen LogP contribution in [-0.4, -0.2) is 33.3 Å². The van der Waals surface area contributed by atoms with Crippen LogP contribution in [-0.2, 0) is 19.6 Å². The fourth-order valence-electron chi connectivity index (χ4n) is 2.70. The molecule has 0 saturated heterocycles. The first-order valence-corrected chi connectivity index (χ1v) is 10.8. The predicted octanol–water partition coefficient (Wildman–Crippen LogP) is 3.46. The van der Waals surface area contributed by atoms with Crippen molar-refractivity contribution < 1.29 is 22.7 Å². The molecule has 0 fully saturated rings. The molecule has 1 N–H and O–H groups in total. The second kappa shape index (κ2) is 9.47. The summed E-state index contributed by atoms with van der Waals surface area (Å²) in [5.74, 6) is -1.20. The summed E-state index contributed by atoms with van der Waals surface area (Å²) in [6.07, 6.45) is 1.43. The Morgan fingerprint density at radius 3 is 2.40 bits per heavy atom. The van der Waals surface area contributed by atoms with Gasteiger partial charge in [0.05, 0.1) is 0 Å². The van der Waals surface area contributed by atoms with E-state index in [1.807, 2.05) is 49.4 Å². The number of aryl methyl sites for hydroxylation is 1. The lowest BCUT2D eigenvalue weighted by Gasteiger charge is -2.06. The summed E-state index contributed by atoms with van der Waals surface area (Å²) >= 11 is 0. The molecule has 6 nitrogen and oxygen atoms in total. The number of carbonyl (C=O) groups is 2. The van der Waals surface area contributed by atoms with Crippen molar-refractivity contribution in [2.45, 2.75) is 6.92 Å². The van der Waals surface area contributed by atoms with Crippen molar-refractivity contribution in [3.05, 3.63) is 88.8 Å². The summed E-state index contributed by atoms with van der Waals surface area (Å²) < 4.78 is 31.0. The van der Waals surface area contributed by atoms with Crippen LogP contribution >= 0.6 is 0 Å². The average Bonchev–Trinajstić information content (AvgIpc) is 2.75. The van der Waals surface area contributed by atoms with Gasteiger partial charge >= 0.3 is 5.97 Å². The lowest BCUT2D eigenvalue weighted by Crippen LogP contribution is -2.30. The normalized spacial score (nSPS) is 11.6. The molecule has 0 aliphatic heterocycles. The topological polar surface area (TPSA) is 89.5 Å². The molecule has 3 aromatic rings. The van der Waals surface area contributed by atoms with Crippen LogP contribution in [0.4, 0.5) is 0 Å². The van der Waals surface area contributed by atoms with Crippen LogP contribution in [0.25, 0.3) is 16.8 Å². The molecule has 0 radical (unpaired) electrons. The standard InChI is InChI=1S/C23H21NO5S/c1-17-6-8-18(9-7-17)12-13-30(27,28)24-15-23(26)29-16-22(25)21-11-10-19-4-2-3-5-20(19)14-21/h2-14,24H,15-16H2,1H3. The summed E-state index contributed by atoms with van der Waals surface area (Å²) in [5.41, 5.74) is 2.20. The number of hydrogen-bond acceptors (Lipinski definition) is 5. The van der Waals surface area contributed by atoms with Crippen molar-refractivity contribution in [1.82, 2.24) is 4.72 Å². The third-order valence-electron chi connectivity index (χ3n) is 4.37. The molecule has 0 unspecified atom stereocenters. The molecule has 0 spiro atoms. The number of sulfonamides is 1. The molecule has 3 aromatic carbocycles. The third kappa shape index (κ3) is 6.10. The molecular formula is C23H21NO5S. The first-order valence-electron chi connectivity index (χ1n) is 9.24. The number of nitrogens with one attached hydrogen (secondary N) is 1. The highest BCUT2D eigenvalue weighted by Crippen LogP contribution is 2.16. The van der Waals surface area contributed by atoms with E-state index in [0.29, 0.717) is 5.56 Å². The first kappa shape index (κ1) is 21.4. The number of ketones is 1. The van der Waals surface area contributed by atoms with E-state index in [0.717, 1.165) is 27.3 Å². The zero-order valence-corrected chi connectivity index (χ0v) is 17.2. The van der Waals surface area contributed by atoms with Gasteiger partial charge in [-0.05, 0) is 35.4 Å². The number of Topliss-reactive ketones (excluding diaryl/α,β-unsaturated/α-hetero) is 1. The molecule has 0 atom stereocenters. The Kier molecular flexibility index (Phi) is 6.76. The highest BCUT2D eigenvalue weighted by atomic mass is 32.2. The van der Waals surface area contributed by atoms with Crippen LogP contribution in [0.3, 0.4) is 0 Å². The maximum atomic E-state index is 12.3. The van der Waals surface area contributed by atoms with Gasteiger partial charge in [0.15, 0.2) is 12.4 Å². The quantitative estimate of drug-likeness (QED) is 0.443. The minimum absolute atomic E-state index is 0.365. The van der Waals surface area contributed by atoms with Gasteiger partial charge in [-0.25, -0.2) is 13.1 Å². The molecule has 0 heterocycles. The van der Waals surface area contributed by atoms with Crippen molar-refractivity contribution in [2.75, 3.05) is 13.2 Å². The number of ether oxygens (including phenoxy) is 1. The minimum atomic E-state index is -3.82. The summed E-state index contributed by atoms with van der Waals surface area (Å²) in [6.45, 7) is 0.909. The van der Waals surface area contributed by atoms with Crippen molar-refractivity contribution in [3.8, 4) is 0 Å². The highest BCUT2D eigenvalue weighted by Gasteiger charge is 2.13. The monoisotopic (exact) mass is 423 g/mol. The predicted molar refractivity (Wildman–Crippen MR) is 116 cm³/mol. The van der Waals surface area contributed by atoms with Crippen molar-refractivity contribution in [1.29, 1.82) is 0 Å². The number of hydrogen-bond donors (Lipinski definition) is 1. The highest BCUT2D eigenvalue weighted by molar-refractivity contribution is 7.92. The van der Waals surface area contributed by atoms with Crippen LogP contribution < -0.4 is 4.72 Å². The Labute approximate surface area is 175 Å². The number of rotatable bonds is 8. The maximum Gasteiger partial charge on any atom is 0.321 e. The van der Waals surface area contributed by atoms with Gasteiger partial charge in [-0.3, -0.25) is 9.59 Å². The van der Waals surface area contributed by atoms with Crippen molar-refractivity contribution in [2.24, 2.45) is 0 Å². The lowest BCUT2D eigenvalue weighted by atomic mass is 10.0. The van der Waals surface area contributed by atoms with Gasteiger partial charge in [-0.15, -0.1) is 0 Å². The largest absolute Gasteiger partial charge is 0.456 e. The van der Waals surface area contributed by atoms with Gasteiger partial charge < -0.3 is 4.74 Å². The smallest absolute Gasteiger partial charge is 0.321 e. The molecule has 30 heavy (non-hydrogen) atoms. The molecule has 0 amide bonds. The van der Waals surface area contributed by atoms with Crippen LogP contribution in [0.2, 0.25) is 0 Å². The number of fused-ring (bicyclic) bond motifs is 1. The zero-order valence-electron chi connectivity index (χ0n) is 16.4. The Morgan fingerprint density at radius 1 is 0.967 bits per heavy atom. The van der Waals surface area contributed by atoms with Crippen molar-refractivity contribution >= 4 is 38.6 Å². The molecule has 0 saturated carbocycles. The Hall–Kier alpha value is -3.29. The van der Waals surface area contributed by atoms with Gasteiger partial charge in [0.2, 0.25) is 10.0 Å². The molecule has 3 rings (SSSR count). The van der Waals surface area contributed by atoms with Crippen molar-refractivity contribution in [3.63, 3.8) is 0 Å². The van der Waals surface area contributed by atoms with E-state index < -0.39 is 29.1 Å². The summed E-state index contributed by atoms with van der Waals surface area (Å²) in [6, 6.07) is 20.1. The van der Waals surface area contributed by atoms with Gasteiger partial charge in [0, 0.05) is 11.0 Å². The number of carbonyl (C=O) groups excluding carboxylic acids is 2. The Morgan fingerprint density at radius 2 is 1.67 bits per heavy atom. The second-order valence-electron chi connectivity index (χ2n) is 6.73. The fourth-order valence-corrected chi connectivity index (χ4v) is 3.45. The van der Waals surface area contributed by atoms with E-state index in [1.54, 1.807) is 24.3 Å². The van der Waals surface area contributed by atoms with E-state index in [4.69, 9.17) is 4.74 Å². The van der Waals surface area contributed by atoms with E-state index in [1.165, 1.54) is 6.08 Å². The first-order chi connectivity index (χ1) is 14.3. The van der Waals surface area contributed by atoms with Crippen LogP contribution in [0, 0.1) is 6.92 Å². The Balaban J connectivity index is 1.49. The molecule has 7 heteroatoms. The zero-order chi connectivity index (χ0) is 21.6. The summed E-state index contributed by atoms with van der Waals surface area (Å²) in [5, 5.41) is 2.88. The Bertz CT molecular complexity index is 1200. The average molecular weight is 423 g/mol. The molecule has 0 aliphatic carbocycles. The van der Waals surface area contributed by atoms with Gasteiger partial charge in [-0.2, -0.15) is 0 Å². The third-order valence-corrected chi connectivity index (χ3v) is 5.41. The lowest BCUT2D eigenvalue weighted by molar-refractivity contribution is -0.141. The summed E-state index contributed by atoms with van der Waals surface area (Å²) in [7, 11) is -3.82. The maximum absolute atomic E-state index is 12.3. The second-order valence-corrected chi connectivity index (χ2v) is 8.38. The van der Waals surface area contributed by atoms with Gasteiger partial charge in [-0.1, -0.05) is 66.2 Å². The number of esters is 1. The SMILES string of the molecule is Cc1ccc(C=CS(=O)(=O)NCC(=O)OCC(=O)c2ccc3ccccc3c2)cc1. The van der Waals surface area contributed by atoms with Gasteiger partial charge in [0.1, 0.15) is 6.54 Å². The number of benzene rings is 3. The van der Waals surface area contributed by atoms with E-state index in [-0.39, 0.29) is 5.78 Å². The minimum Gasteiger partial charge on any atom is -0.456 e.